The Hall–Kier alpha value is -1.01. The molecule has 0 radical (unpaired) electrons. The summed E-state index contributed by atoms with van der Waals surface area (Å²) >= 11 is 5.45. The van der Waals surface area contributed by atoms with Gasteiger partial charge in [0.1, 0.15) is 4.21 Å². The highest BCUT2D eigenvalue weighted by molar-refractivity contribution is 9.11. The maximum Gasteiger partial charge on any atom is 0.304 e. The third kappa shape index (κ3) is 3.43. The summed E-state index contributed by atoms with van der Waals surface area (Å²) in [5, 5.41) is 12.5. The molecule has 0 bridgehead atoms. The van der Waals surface area contributed by atoms with Gasteiger partial charge in [0, 0.05) is 19.7 Å². The number of nitrogens with two attached hydrogens (primary N) is 1. The first kappa shape index (κ1) is 16.4. The molecule has 2 aromatic heterocycles. The Labute approximate surface area is 137 Å². The summed E-state index contributed by atoms with van der Waals surface area (Å²) in [6.07, 6.45) is 0. The lowest BCUT2D eigenvalue weighted by molar-refractivity contribution is -0.383. The molecule has 11 heteroatoms. The monoisotopic (exact) mass is 411 g/mol. The van der Waals surface area contributed by atoms with Gasteiger partial charge in [-0.1, -0.05) is 11.3 Å². The maximum absolute atomic E-state index is 12.4. The average molecular weight is 412 g/mol. The molecule has 0 aliphatic heterocycles. The van der Waals surface area contributed by atoms with Crippen molar-refractivity contribution in [3.8, 4) is 0 Å². The van der Waals surface area contributed by atoms with E-state index in [2.05, 4.69) is 15.9 Å². The number of nitrogen functional groups attached to an aromatic ring is 1. The van der Waals surface area contributed by atoms with E-state index in [1.807, 2.05) is 11.4 Å². The zero-order valence-corrected chi connectivity index (χ0v) is 14.7. The van der Waals surface area contributed by atoms with E-state index in [-0.39, 0.29) is 21.4 Å². The molecule has 2 aromatic rings. The molecule has 0 aromatic carbocycles. The van der Waals surface area contributed by atoms with Gasteiger partial charge in [0.2, 0.25) is 0 Å². The van der Waals surface area contributed by atoms with Crippen LogP contribution >= 0.6 is 38.6 Å². The molecule has 0 saturated heterocycles. The van der Waals surface area contributed by atoms with Crippen molar-refractivity contribution in [1.29, 1.82) is 0 Å². The highest BCUT2D eigenvalue weighted by Gasteiger charge is 2.28. The number of nitrogens with zero attached hydrogens (tertiary/aromatic N) is 2. The van der Waals surface area contributed by atoms with Crippen LogP contribution in [0.3, 0.4) is 0 Å². The number of rotatable bonds is 5. The van der Waals surface area contributed by atoms with Gasteiger partial charge in [-0.3, -0.25) is 10.1 Å². The Bertz CT molecular complexity index is 783. The van der Waals surface area contributed by atoms with Gasteiger partial charge in [-0.15, -0.1) is 11.3 Å². The van der Waals surface area contributed by atoms with Crippen LogP contribution in [0, 0.1) is 10.1 Å². The van der Waals surface area contributed by atoms with Crippen molar-refractivity contribution in [3.63, 3.8) is 0 Å². The van der Waals surface area contributed by atoms with Crippen molar-refractivity contribution >= 4 is 59.3 Å². The SMILES string of the molecule is CN(Cc1csc(Br)c1)S(=O)(=O)c1cc([N+](=O)[O-])c(N)s1. The van der Waals surface area contributed by atoms with Crippen molar-refractivity contribution < 1.29 is 13.3 Å². The molecule has 0 atom stereocenters. The van der Waals surface area contributed by atoms with Crippen molar-refractivity contribution in [2.45, 2.75) is 10.8 Å². The van der Waals surface area contributed by atoms with Crippen molar-refractivity contribution in [3.05, 3.63) is 37.0 Å². The number of thiophene rings is 2. The number of anilines is 1. The number of hydrogen-bond acceptors (Lipinski definition) is 7. The van der Waals surface area contributed by atoms with Crippen LogP contribution in [0.5, 0.6) is 0 Å². The standard InChI is InChI=1S/C10H10BrN3O4S3/c1-13(4-6-2-8(11)19-5-6)21(17,18)9-3-7(14(15)16)10(12)20-9/h2-3,5H,4,12H2,1H3. The lowest BCUT2D eigenvalue weighted by Crippen LogP contribution is -2.25. The maximum atomic E-state index is 12.4. The molecule has 7 nitrogen and oxygen atoms in total. The topological polar surface area (TPSA) is 107 Å². The van der Waals surface area contributed by atoms with Crippen LogP contribution in [0.25, 0.3) is 0 Å². The zero-order valence-electron chi connectivity index (χ0n) is 10.6. The normalized spacial score (nSPS) is 12.0. The van der Waals surface area contributed by atoms with Crippen molar-refractivity contribution in [1.82, 2.24) is 4.31 Å². The second kappa shape index (κ2) is 6.01. The Morgan fingerprint density at radius 3 is 2.62 bits per heavy atom. The van der Waals surface area contributed by atoms with E-state index in [9.17, 15) is 18.5 Å². The van der Waals surface area contributed by atoms with Gasteiger partial charge in [0.15, 0.2) is 5.00 Å². The van der Waals surface area contributed by atoms with E-state index >= 15 is 0 Å². The number of hydrogen-bond donors (Lipinski definition) is 1. The first-order valence-electron chi connectivity index (χ1n) is 5.44. The minimum atomic E-state index is -3.81. The van der Waals surface area contributed by atoms with Crippen LogP contribution in [0.4, 0.5) is 10.7 Å². The van der Waals surface area contributed by atoms with Crippen LogP contribution in [-0.4, -0.2) is 24.7 Å². The molecular formula is C10H10BrN3O4S3. The summed E-state index contributed by atoms with van der Waals surface area (Å²) in [5.41, 5.74) is 5.93. The molecule has 0 aliphatic rings. The Morgan fingerprint density at radius 2 is 2.14 bits per heavy atom. The minimum absolute atomic E-state index is 0.120. The second-order valence-corrected chi connectivity index (χ2v) is 9.74. The fourth-order valence-corrected chi connectivity index (χ4v) is 5.35. The van der Waals surface area contributed by atoms with Crippen molar-refractivity contribution in [2.75, 3.05) is 12.8 Å². The van der Waals surface area contributed by atoms with Gasteiger partial charge in [0.25, 0.3) is 10.0 Å². The first-order chi connectivity index (χ1) is 9.71. The zero-order chi connectivity index (χ0) is 15.8. The molecular weight excluding hydrogens is 402 g/mol. The van der Waals surface area contributed by atoms with Crippen LogP contribution in [0.15, 0.2) is 25.5 Å². The summed E-state index contributed by atoms with van der Waals surface area (Å²) in [6, 6.07) is 2.82. The molecule has 0 aliphatic carbocycles. The number of nitro groups is 1. The van der Waals surface area contributed by atoms with E-state index < -0.39 is 14.9 Å². The van der Waals surface area contributed by atoms with E-state index in [0.29, 0.717) is 11.3 Å². The lowest BCUT2D eigenvalue weighted by Gasteiger charge is -2.14. The first-order valence-corrected chi connectivity index (χ1v) is 9.37. The Balaban J connectivity index is 2.28. The summed E-state index contributed by atoms with van der Waals surface area (Å²) in [7, 11) is -2.39. The smallest absolute Gasteiger partial charge is 0.304 e. The third-order valence-corrected chi connectivity index (χ3v) is 7.37. The summed E-state index contributed by atoms with van der Waals surface area (Å²) in [5.74, 6) is 0. The Morgan fingerprint density at radius 1 is 1.48 bits per heavy atom. The largest absolute Gasteiger partial charge is 0.385 e. The molecule has 114 valence electrons. The highest BCUT2D eigenvalue weighted by atomic mass is 79.9. The van der Waals surface area contributed by atoms with Gasteiger partial charge >= 0.3 is 5.69 Å². The van der Waals surface area contributed by atoms with Gasteiger partial charge < -0.3 is 5.73 Å². The van der Waals surface area contributed by atoms with E-state index in [1.165, 1.54) is 18.4 Å². The van der Waals surface area contributed by atoms with Gasteiger partial charge in [-0.25, -0.2) is 8.42 Å². The lowest BCUT2D eigenvalue weighted by atomic mass is 10.3. The molecule has 0 unspecified atom stereocenters. The fourth-order valence-electron chi connectivity index (χ4n) is 1.57. The van der Waals surface area contributed by atoms with Crippen LogP contribution < -0.4 is 5.73 Å². The minimum Gasteiger partial charge on any atom is -0.385 e. The number of halogens is 1. The van der Waals surface area contributed by atoms with Crippen LogP contribution in [0.2, 0.25) is 0 Å². The molecule has 0 spiro atoms. The predicted molar refractivity (Wildman–Crippen MR) is 86.1 cm³/mol. The number of sulfonamides is 1. The van der Waals surface area contributed by atoms with E-state index in [0.717, 1.165) is 19.7 Å². The molecule has 0 fully saturated rings. The van der Waals surface area contributed by atoms with Gasteiger partial charge in [-0.2, -0.15) is 4.31 Å². The molecule has 2 N–H and O–H groups in total. The summed E-state index contributed by atoms with van der Waals surface area (Å²) in [4.78, 5) is 10.1. The summed E-state index contributed by atoms with van der Waals surface area (Å²) < 4.78 is 26.7. The molecule has 0 amide bonds. The van der Waals surface area contributed by atoms with E-state index in [4.69, 9.17) is 5.73 Å². The average Bonchev–Trinajstić information content (AvgIpc) is 2.95. The summed E-state index contributed by atoms with van der Waals surface area (Å²) in [6.45, 7) is 0.177. The molecule has 2 heterocycles. The highest BCUT2D eigenvalue weighted by Crippen LogP contribution is 2.36. The van der Waals surface area contributed by atoms with E-state index in [1.54, 1.807) is 0 Å². The van der Waals surface area contributed by atoms with Crippen LogP contribution in [0.1, 0.15) is 5.56 Å². The second-order valence-electron chi connectivity index (χ2n) is 4.09. The van der Waals surface area contributed by atoms with Gasteiger partial charge in [-0.05, 0) is 32.9 Å². The quantitative estimate of drug-likeness (QED) is 0.600. The third-order valence-electron chi connectivity index (χ3n) is 2.61. The van der Waals surface area contributed by atoms with Crippen molar-refractivity contribution in [2.24, 2.45) is 0 Å². The van der Waals surface area contributed by atoms with Crippen LogP contribution in [-0.2, 0) is 16.6 Å². The fraction of sp³-hybridized carbons (Fsp3) is 0.200. The Kier molecular flexibility index (Phi) is 4.68. The molecule has 2 rings (SSSR count). The molecule has 0 saturated carbocycles. The molecule has 21 heavy (non-hydrogen) atoms. The predicted octanol–water partition coefficient (Wildman–Crippen LogP) is 2.88. The van der Waals surface area contributed by atoms with Gasteiger partial charge in [0.05, 0.1) is 8.71 Å².